The van der Waals surface area contributed by atoms with Gasteiger partial charge in [0, 0.05) is 55.0 Å². The summed E-state index contributed by atoms with van der Waals surface area (Å²) in [5.74, 6) is -0.609. The molecular weight excluding hydrogens is 527 g/mol. The minimum Gasteiger partial charge on any atom is -0.493 e. The zero-order valence-electron chi connectivity index (χ0n) is 22.8. The molecule has 5 rings (SSSR count). The highest BCUT2D eigenvalue weighted by Crippen LogP contribution is 2.38. The Hall–Kier alpha value is -4.70. The molecule has 1 aliphatic rings. The Bertz CT molecular complexity index is 1540. The van der Waals surface area contributed by atoms with Gasteiger partial charge in [-0.25, -0.2) is 4.39 Å². The second-order valence-electron chi connectivity index (χ2n) is 9.76. The first-order valence-corrected chi connectivity index (χ1v) is 13.4. The number of anilines is 1. The van der Waals surface area contributed by atoms with Crippen LogP contribution in [-0.4, -0.2) is 49.6 Å². The van der Waals surface area contributed by atoms with Crippen LogP contribution in [0, 0.1) is 11.7 Å². The molecule has 9 nitrogen and oxygen atoms in total. The number of ether oxygens (including phenoxy) is 3. The zero-order chi connectivity index (χ0) is 28.8. The van der Waals surface area contributed by atoms with Gasteiger partial charge < -0.3 is 30.2 Å². The summed E-state index contributed by atoms with van der Waals surface area (Å²) in [6.45, 7) is 4.13. The topological polar surface area (TPSA) is 111 Å². The number of hydrogen-bond acceptors (Lipinski definition) is 7. The number of fused-ring (bicyclic) bond motifs is 1. The fourth-order valence-corrected chi connectivity index (χ4v) is 4.42. The average Bonchev–Trinajstić information content (AvgIpc) is 2.93. The second-order valence-corrected chi connectivity index (χ2v) is 9.76. The number of carbonyl (C=O) groups excluding carboxylic acids is 2. The first-order valence-electron chi connectivity index (χ1n) is 13.4. The van der Waals surface area contributed by atoms with Crippen molar-refractivity contribution in [1.82, 2.24) is 15.6 Å². The molecule has 1 saturated heterocycles. The van der Waals surface area contributed by atoms with Gasteiger partial charge in [-0.3, -0.25) is 14.6 Å². The maximum Gasteiger partial charge on any atom is 0.313 e. The van der Waals surface area contributed by atoms with Crippen molar-refractivity contribution in [2.45, 2.75) is 19.4 Å². The normalized spacial score (nSPS) is 13.6. The molecular formula is C31H31FN4O5. The summed E-state index contributed by atoms with van der Waals surface area (Å²) in [5.41, 5.74) is 1.76. The maximum atomic E-state index is 15.0. The molecule has 0 spiro atoms. The van der Waals surface area contributed by atoms with Gasteiger partial charge in [0.05, 0.1) is 12.6 Å². The highest BCUT2D eigenvalue weighted by Gasteiger charge is 2.26. The lowest BCUT2D eigenvalue weighted by molar-refractivity contribution is -0.136. The Morgan fingerprint density at radius 3 is 2.51 bits per heavy atom. The summed E-state index contributed by atoms with van der Waals surface area (Å²) >= 11 is 0. The molecule has 1 fully saturated rings. The molecule has 10 heteroatoms. The van der Waals surface area contributed by atoms with Crippen LogP contribution < -0.4 is 30.2 Å². The van der Waals surface area contributed by atoms with Crippen LogP contribution >= 0.6 is 0 Å². The van der Waals surface area contributed by atoms with E-state index >= 15 is 4.39 Å². The molecule has 3 N–H and O–H groups in total. The van der Waals surface area contributed by atoms with E-state index in [0.29, 0.717) is 47.0 Å². The molecule has 0 bridgehead atoms. The first-order chi connectivity index (χ1) is 19.9. The Balaban J connectivity index is 1.24. The molecule has 0 saturated carbocycles. The van der Waals surface area contributed by atoms with Gasteiger partial charge in [0.25, 0.3) is 0 Å². The lowest BCUT2D eigenvalue weighted by Gasteiger charge is -2.33. The average molecular weight is 559 g/mol. The number of benzene rings is 3. The third-order valence-corrected chi connectivity index (χ3v) is 6.93. The number of pyridine rings is 1. The number of methoxy groups -OCH3 is 1. The molecule has 0 radical (unpaired) electrons. The van der Waals surface area contributed by atoms with Gasteiger partial charge in [-0.1, -0.05) is 30.3 Å². The van der Waals surface area contributed by atoms with Gasteiger partial charge in [0.2, 0.25) is 0 Å². The third kappa shape index (κ3) is 6.72. The van der Waals surface area contributed by atoms with E-state index in [9.17, 15) is 9.59 Å². The van der Waals surface area contributed by atoms with Crippen molar-refractivity contribution >= 4 is 28.4 Å². The summed E-state index contributed by atoms with van der Waals surface area (Å²) in [6.07, 6.45) is 2.15. The van der Waals surface area contributed by atoms with E-state index in [4.69, 9.17) is 14.2 Å². The molecule has 1 atom stereocenters. The van der Waals surface area contributed by atoms with Crippen molar-refractivity contribution in [1.29, 1.82) is 0 Å². The minimum absolute atomic E-state index is 0.00417. The van der Waals surface area contributed by atoms with Crippen LogP contribution in [0.2, 0.25) is 0 Å². The molecule has 1 aliphatic heterocycles. The van der Waals surface area contributed by atoms with Gasteiger partial charge in [-0.15, -0.1) is 0 Å². The smallest absolute Gasteiger partial charge is 0.313 e. The van der Waals surface area contributed by atoms with Gasteiger partial charge in [-0.2, -0.15) is 0 Å². The third-order valence-electron chi connectivity index (χ3n) is 6.93. The SMILES string of the molecule is COc1cc2c(Oc3ccc(NC(=O)C(=O)NCCc4ccccc4)cc3F)ccnc2cc1OC(C)C1CNC1. The predicted octanol–water partition coefficient (Wildman–Crippen LogP) is 4.46. The largest absolute Gasteiger partial charge is 0.493 e. The number of hydrogen-bond donors (Lipinski definition) is 3. The van der Waals surface area contributed by atoms with Crippen LogP contribution in [0.1, 0.15) is 12.5 Å². The zero-order valence-corrected chi connectivity index (χ0v) is 22.8. The molecule has 41 heavy (non-hydrogen) atoms. The number of nitrogens with zero attached hydrogens (tertiary/aromatic N) is 1. The number of aromatic nitrogens is 1. The molecule has 1 unspecified atom stereocenters. The highest BCUT2D eigenvalue weighted by atomic mass is 19.1. The van der Waals surface area contributed by atoms with E-state index in [2.05, 4.69) is 20.9 Å². The van der Waals surface area contributed by atoms with Crippen molar-refractivity contribution in [3.8, 4) is 23.0 Å². The van der Waals surface area contributed by atoms with E-state index in [1.807, 2.05) is 37.3 Å². The monoisotopic (exact) mass is 558 g/mol. The number of halogens is 1. The fourth-order valence-electron chi connectivity index (χ4n) is 4.42. The van der Waals surface area contributed by atoms with Gasteiger partial charge in [-0.05, 0) is 43.2 Å². The van der Waals surface area contributed by atoms with E-state index in [0.717, 1.165) is 24.7 Å². The molecule has 4 aromatic rings. The number of amides is 2. The van der Waals surface area contributed by atoms with Crippen LogP contribution in [0.15, 0.2) is 72.9 Å². The van der Waals surface area contributed by atoms with Crippen LogP contribution in [0.25, 0.3) is 10.9 Å². The van der Waals surface area contributed by atoms with E-state index in [1.165, 1.54) is 12.1 Å². The number of rotatable bonds is 10. The molecule has 2 amide bonds. The Kier molecular flexibility index (Phi) is 8.59. The van der Waals surface area contributed by atoms with Gasteiger partial charge >= 0.3 is 11.8 Å². The first kappa shape index (κ1) is 27.9. The van der Waals surface area contributed by atoms with Crippen LogP contribution in [0.3, 0.4) is 0 Å². The molecule has 3 aromatic carbocycles. The summed E-state index contributed by atoms with van der Waals surface area (Å²) in [7, 11) is 1.55. The van der Waals surface area contributed by atoms with E-state index in [1.54, 1.807) is 31.5 Å². The summed E-state index contributed by atoms with van der Waals surface area (Å²) in [5, 5.41) is 8.83. The lowest BCUT2D eigenvalue weighted by atomic mass is 9.97. The highest BCUT2D eigenvalue weighted by molar-refractivity contribution is 6.39. The van der Waals surface area contributed by atoms with E-state index < -0.39 is 17.6 Å². The van der Waals surface area contributed by atoms with Crippen molar-refractivity contribution in [3.05, 3.63) is 84.3 Å². The summed E-state index contributed by atoms with van der Waals surface area (Å²) in [4.78, 5) is 28.9. The molecule has 0 aliphatic carbocycles. The fraction of sp³-hybridized carbons (Fsp3) is 0.258. The molecule has 1 aromatic heterocycles. The minimum atomic E-state index is -0.890. The van der Waals surface area contributed by atoms with Crippen molar-refractivity contribution in [2.75, 3.05) is 32.1 Å². The second kappa shape index (κ2) is 12.6. The van der Waals surface area contributed by atoms with Crippen molar-refractivity contribution < 1.29 is 28.2 Å². The summed E-state index contributed by atoms with van der Waals surface area (Å²) in [6, 6.07) is 18.7. The predicted molar refractivity (Wildman–Crippen MR) is 153 cm³/mol. The maximum absolute atomic E-state index is 15.0. The Labute approximate surface area is 237 Å². The van der Waals surface area contributed by atoms with Crippen molar-refractivity contribution in [3.63, 3.8) is 0 Å². The van der Waals surface area contributed by atoms with Crippen LogP contribution in [-0.2, 0) is 16.0 Å². The molecule has 2 heterocycles. The summed E-state index contributed by atoms with van der Waals surface area (Å²) < 4.78 is 32.6. The number of nitrogens with one attached hydrogen (secondary N) is 3. The van der Waals surface area contributed by atoms with E-state index in [-0.39, 0.29) is 17.5 Å². The van der Waals surface area contributed by atoms with Gasteiger partial charge in [0.15, 0.2) is 23.1 Å². The Morgan fingerprint density at radius 1 is 1.00 bits per heavy atom. The quantitative estimate of drug-likeness (QED) is 0.247. The lowest BCUT2D eigenvalue weighted by Crippen LogP contribution is -2.49. The van der Waals surface area contributed by atoms with Gasteiger partial charge in [0.1, 0.15) is 11.9 Å². The number of carbonyl (C=O) groups is 2. The standard InChI is InChI=1S/C31H31FN4O5/c1-19(21-17-33-18-21)40-29-16-25-23(15-28(29)39-2)26(11-13-34-25)41-27-9-8-22(14-24(27)32)36-31(38)30(37)35-12-10-20-6-4-3-5-7-20/h3-9,11,13-16,19,21,33H,10,12,17-18H2,1-2H3,(H,35,37)(H,36,38). The Morgan fingerprint density at radius 2 is 1.80 bits per heavy atom. The van der Waals surface area contributed by atoms with Crippen LogP contribution in [0.4, 0.5) is 10.1 Å². The van der Waals surface area contributed by atoms with Crippen molar-refractivity contribution in [2.24, 2.45) is 5.92 Å². The molecule has 212 valence electrons. The van der Waals surface area contributed by atoms with Crippen LogP contribution in [0.5, 0.6) is 23.0 Å².